The van der Waals surface area contributed by atoms with Crippen LogP contribution >= 0.6 is 0 Å². The summed E-state index contributed by atoms with van der Waals surface area (Å²) >= 11 is 0. The summed E-state index contributed by atoms with van der Waals surface area (Å²) in [5, 5.41) is 7.34. The zero-order valence-corrected chi connectivity index (χ0v) is 15.4. The number of benzene rings is 2. The number of nitrogens with zero attached hydrogens (tertiary/aromatic N) is 2. The molecule has 140 valence electrons. The number of carbonyl (C=O) groups is 1. The number of aromatic nitrogens is 3. The number of carbonyl (C=O) groups excluding carboxylic acids is 1. The van der Waals surface area contributed by atoms with Crippen LogP contribution in [0.1, 0.15) is 21.6 Å². The van der Waals surface area contributed by atoms with E-state index >= 15 is 0 Å². The Morgan fingerprint density at radius 2 is 1.82 bits per heavy atom. The number of amides is 1. The highest BCUT2D eigenvalue weighted by atomic mass is 16.1. The number of aromatic amines is 1. The van der Waals surface area contributed by atoms with Crippen molar-refractivity contribution in [3.63, 3.8) is 0 Å². The molecule has 4 aromatic rings. The number of anilines is 1. The van der Waals surface area contributed by atoms with Gasteiger partial charge in [-0.1, -0.05) is 48.5 Å². The predicted molar refractivity (Wildman–Crippen MR) is 110 cm³/mol. The summed E-state index contributed by atoms with van der Waals surface area (Å²) in [5.41, 5.74) is 3.79. The van der Waals surface area contributed by atoms with Crippen molar-refractivity contribution in [2.45, 2.75) is 13.0 Å². The van der Waals surface area contributed by atoms with Crippen LogP contribution < -0.4 is 10.6 Å². The van der Waals surface area contributed by atoms with Gasteiger partial charge in [-0.2, -0.15) is 0 Å². The van der Waals surface area contributed by atoms with E-state index in [9.17, 15) is 4.79 Å². The Bertz CT molecular complexity index is 1070. The van der Waals surface area contributed by atoms with Crippen LogP contribution in [0.2, 0.25) is 0 Å². The number of nitrogens with one attached hydrogen (secondary N) is 3. The minimum atomic E-state index is -0.204. The lowest BCUT2D eigenvalue weighted by Crippen LogP contribution is -2.26. The van der Waals surface area contributed by atoms with Gasteiger partial charge in [-0.3, -0.25) is 4.79 Å². The van der Waals surface area contributed by atoms with Crippen LogP contribution in [0.25, 0.3) is 10.9 Å². The summed E-state index contributed by atoms with van der Waals surface area (Å²) in [4.78, 5) is 24.0. The first-order valence-electron chi connectivity index (χ1n) is 9.22. The molecule has 0 bridgehead atoms. The van der Waals surface area contributed by atoms with Gasteiger partial charge in [0, 0.05) is 36.3 Å². The molecule has 2 heterocycles. The van der Waals surface area contributed by atoms with E-state index in [1.807, 2.05) is 54.7 Å². The monoisotopic (exact) mass is 371 g/mol. The molecular weight excluding hydrogens is 350 g/mol. The van der Waals surface area contributed by atoms with Gasteiger partial charge in [0.25, 0.3) is 5.91 Å². The molecule has 0 fully saturated rings. The van der Waals surface area contributed by atoms with Crippen LogP contribution in [-0.2, 0) is 13.0 Å². The van der Waals surface area contributed by atoms with Crippen LogP contribution in [0.5, 0.6) is 0 Å². The smallest absolute Gasteiger partial charge is 0.270 e. The van der Waals surface area contributed by atoms with Gasteiger partial charge >= 0.3 is 0 Å². The molecule has 4 rings (SSSR count). The summed E-state index contributed by atoms with van der Waals surface area (Å²) in [6, 6.07) is 19.8. The molecule has 28 heavy (non-hydrogen) atoms. The third-order valence-electron chi connectivity index (χ3n) is 4.57. The van der Waals surface area contributed by atoms with E-state index in [0.717, 1.165) is 17.5 Å². The number of hydrogen-bond donors (Lipinski definition) is 3. The fraction of sp³-hybridized carbons (Fsp3) is 0.136. The second-order valence-corrected chi connectivity index (χ2v) is 6.49. The van der Waals surface area contributed by atoms with E-state index in [0.29, 0.717) is 24.6 Å². The largest absolute Gasteiger partial charge is 0.366 e. The van der Waals surface area contributed by atoms with Crippen molar-refractivity contribution in [2.24, 2.45) is 0 Å². The fourth-order valence-corrected chi connectivity index (χ4v) is 3.11. The molecule has 0 aliphatic rings. The Morgan fingerprint density at radius 3 is 2.71 bits per heavy atom. The highest BCUT2D eigenvalue weighted by Gasteiger charge is 2.09. The maximum Gasteiger partial charge on any atom is 0.270 e. The molecule has 0 aliphatic carbocycles. The zero-order valence-electron chi connectivity index (χ0n) is 15.4. The lowest BCUT2D eigenvalue weighted by molar-refractivity contribution is 0.0949. The Labute approximate surface area is 163 Å². The molecule has 1 amide bonds. The maximum absolute atomic E-state index is 12.4. The zero-order chi connectivity index (χ0) is 19.2. The summed E-state index contributed by atoms with van der Waals surface area (Å²) in [6.45, 7) is 1.18. The summed E-state index contributed by atoms with van der Waals surface area (Å²) in [6.07, 6.45) is 4.15. The average molecular weight is 371 g/mol. The minimum absolute atomic E-state index is 0.204. The lowest BCUT2D eigenvalue weighted by Gasteiger charge is -2.08. The van der Waals surface area contributed by atoms with Gasteiger partial charge in [0.05, 0.1) is 0 Å². The number of para-hydroxylation sites is 1. The van der Waals surface area contributed by atoms with Gasteiger partial charge in [-0.25, -0.2) is 9.97 Å². The predicted octanol–water partition coefficient (Wildman–Crippen LogP) is 3.54. The Morgan fingerprint density at radius 1 is 1.00 bits per heavy atom. The molecule has 0 radical (unpaired) electrons. The average Bonchev–Trinajstić information content (AvgIpc) is 3.16. The first kappa shape index (κ1) is 17.7. The van der Waals surface area contributed by atoms with Gasteiger partial charge in [-0.05, 0) is 23.6 Å². The second kappa shape index (κ2) is 8.35. The van der Waals surface area contributed by atoms with Crippen molar-refractivity contribution >= 4 is 22.6 Å². The molecule has 6 nitrogen and oxygen atoms in total. The van der Waals surface area contributed by atoms with Gasteiger partial charge in [0.1, 0.15) is 17.8 Å². The quantitative estimate of drug-likeness (QED) is 0.464. The van der Waals surface area contributed by atoms with Gasteiger partial charge < -0.3 is 15.6 Å². The molecule has 0 atom stereocenters. The Kier molecular flexibility index (Phi) is 5.29. The van der Waals surface area contributed by atoms with Gasteiger partial charge in [-0.15, -0.1) is 0 Å². The molecule has 2 aromatic heterocycles. The van der Waals surface area contributed by atoms with E-state index in [-0.39, 0.29) is 5.91 Å². The molecule has 0 unspecified atom stereocenters. The van der Waals surface area contributed by atoms with E-state index < -0.39 is 0 Å². The van der Waals surface area contributed by atoms with Crippen molar-refractivity contribution in [3.8, 4) is 0 Å². The Balaban J connectivity index is 1.33. The number of rotatable bonds is 7. The van der Waals surface area contributed by atoms with Gasteiger partial charge in [0.2, 0.25) is 0 Å². The summed E-state index contributed by atoms with van der Waals surface area (Å²) in [7, 11) is 0. The van der Waals surface area contributed by atoms with Crippen LogP contribution in [0.15, 0.2) is 73.2 Å². The first-order valence-corrected chi connectivity index (χ1v) is 9.22. The SMILES string of the molecule is O=C(NCCc1c[nH]c2ccccc12)c1cc(NCc2ccccc2)ncn1. The van der Waals surface area contributed by atoms with Crippen LogP contribution in [0.4, 0.5) is 5.82 Å². The Hall–Kier alpha value is -3.67. The third kappa shape index (κ3) is 4.17. The standard InChI is InChI=1S/C22H21N5O/c28-22(23-11-10-17-14-24-19-9-5-4-8-18(17)19)20-12-21(27-15-26-20)25-13-16-6-2-1-3-7-16/h1-9,12,14-15,24H,10-11,13H2,(H,23,28)(H,25,26,27). The van der Waals surface area contributed by atoms with Crippen LogP contribution in [0, 0.1) is 0 Å². The number of hydrogen-bond acceptors (Lipinski definition) is 4. The van der Waals surface area contributed by atoms with Gasteiger partial charge in [0.15, 0.2) is 0 Å². The van der Waals surface area contributed by atoms with Crippen LogP contribution in [0.3, 0.4) is 0 Å². The van der Waals surface area contributed by atoms with E-state index in [1.54, 1.807) is 6.07 Å². The molecule has 2 aromatic carbocycles. The number of H-pyrrole nitrogens is 1. The molecule has 0 saturated heterocycles. The van der Waals surface area contributed by atoms with Crippen molar-refractivity contribution < 1.29 is 4.79 Å². The highest BCUT2D eigenvalue weighted by molar-refractivity contribution is 5.92. The lowest BCUT2D eigenvalue weighted by atomic mass is 10.1. The molecule has 6 heteroatoms. The second-order valence-electron chi connectivity index (χ2n) is 6.49. The first-order chi connectivity index (χ1) is 13.8. The molecule has 3 N–H and O–H groups in total. The molecular formula is C22H21N5O. The van der Waals surface area contributed by atoms with E-state index in [2.05, 4.69) is 31.7 Å². The molecule has 0 aliphatic heterocycles. The topological polar surface area (TPSA) is 82.7 Å². The van der Waals surface area contributed by atoms with Crippen molar-refractivity contribution in [3.05, 3.63) is 90.0 Å². The molecule has 0 spiro atoms. The maximum atomic E-state index is 12.4. The number of fused-ring (bicyclic) bond motifs is 1. The van der Waals surface area contributed by atoms with Crippen molar-refractivity contribution in [1.29, 1.82) is 0 Å². The normalized spacial score (nSPS) is 10.7. The highest BCUT2D eigenvalue weighted by Crippen LogP contribution is 2.17. The van der Waals surface area contributed by atoms with E-state index in [1.165, 1.54) is 17.3 Å². The third-order valence-corrected chi connectivity index (χ3v) is 4.57. The fourth-order valence-electron chi connectivity index (χ4n) is 3.11. The van der Waals surface area contributed by atoms with Crippen molar-refractivity contribution in [1.82, 2.24) is 20.3 Å². The molecule has 0 saturated carbocycles. The van der Waals surface area contributed by atoms with Crippen LogP contribution in [-0.4, -0.2) is 27.4 Å². The van der Waals surface area contributed by atoms with E-state index in [4.69, 9.17) is 0 Å². The summed E-state index contributed by atoms with van der Waals surface area (Å²) in [5.74, 6) is 0.422. The summed E-state index contributed by atoms with van der Waals surface area (Å²) < 4.78 is 0. The minimum Gasteiger partial charge on any atom is -0.366 e. The van der Waals surface area contributed by atoms with Crippen molar-refractivity contribution in [2.75, 3.05) is 11.9 Å².